The first-order valence-electron chi connectivity index (χ1n) is 9.32. The summed E-state index contributed by atoms with van der Waals surface area (Å²) in [6.45, 7) is 0.558. The van der Waals surface area contributed by atoms with E-state index in [-0.39, 0.29) is 0 Å². The van der Waals surface area contributed by atoms with Gasteiger partial charge in [-0.25, -0.2) is 0 Å². The zero-order chi connectivity index (χ0) is 18.5. The highest BCUT2D eigenvalue weighted by molar-refractivity contribution is 7.99. The van der Waals surface area contributed by atoms with Crippen LogP contribution < -0.4 is 4.74 Å². The largest absolute Gasteiger partial charge is 0.491 e. The molecule has 1 saturated carbocycles. The molecule has 0 spiro atoms. The van der Waals surface area contributed by atoms with Crippen molar-refractivity contribution in [1.29, 1.82) is 0 Å². The van der Waals surface area contributed by atoms with E-state index in [9.17, 15) is 0 Å². The molecule has 1 aliphatic rings. The van der Waals surface area contributed by atoms with Gasteiger partial charge in [-0.15, -0.1) is 10.2 Å². The number of ether oxygens (including phenoxy) is 1. The third-order valence-electron chi connectivity index (χ3n) is 4.75. The Kier molecular flexibility index (Phi) is 6.04. The SMILES string of the molecule is Clc1ccccc1OCCSc1nnc(-c2ccco2)n1C1CCCCC1. The topological polar surface area (TPSA) is 53.1 Å². The van der Waals surface area contributed by atoms with E-state index in [0.717, 1.165) is 35.3 Å². The van der Waals surface area contributed by atoms with Crippen LogP contribution in [0.25, 0.3) is 11.6 Å². The Balaban J connectivity index is 1.46. The van der Waals surface area contributed by atoms with E-state index < -0.39 is 0 Å². The smallest absolute Gasteiger partial charge is 0.200 e. The maximum absolute atomic E-state index is 6.14. The van der Waals surface area contributed by atoms with E-state index >= 15 is 0 Å². The van der Waals surface area contributed by atoms with Crippen molar-refractivity contribution in [3.63, 3.8) is 0 Å². The second kappa shape index (κ2) is 8.85. The molecule has 2 aromatic heterocycles. The van der Waals surface area contributed by atoms with Crippen LogP contribution in [-0.4, -0.2) is 27.1 Å². The minimum Gasteiger partial charge on any atom is -0.491 e. The number of benzene rings is 1. The van der Waals surface area contributed by atoms with Gasteiger partial charge in [0.05, 0.1) is 17.9 Å². The standard InChI is InChI=1S/C20H22ClN3O2S/c21-16-9-4-5-10-17(16)26-13-14-27-20-23-22-19(18-11-6-12-25-18)24(20)15-7-2-1-3-8-15/h4-6,9-12,15H,1-3,7-8,13-14H2. The summed E-state index contributed by atoms with van der Waals surface area (Å²) in [5.74, 6) is 3.08. The molecule has 27 heavy (non-hydrogen) atoms. The number of para-hydroxylation sites is 1. The van der Waals surface area contributed by atoms with Crippen molar-refractivity contribution in [2.24, 2.45) is 0 Å². The van der Waals surface area contributed by atoms with Crippen LogP contribution in [0, 0.1) is 0 Å². The van der Waals surface area contributed by atoms with Crippen LogP contribution in [0.1, 0.15) is 38.1 Å². The highest BCUT2D eigenvalue weighted by Crippen LogP contribution is 2.35. The number of nitrogens with zero attached hydrogens (tertiary/aromatic N) is 3. The molecule has 3 aromatic rings. The maximum atomic E-state index is 6.14. The summed E-state index contributed by atoms with van der Waals surface area (Å²) in [4.78, 5) is 0. The van der Waals surface area contributed by atoms with Crippen molar-refractivity contribution < 1.29 is 9.15 Å². The second-order valence-electron chi connectivity index (χ2n) is 6.57. The van der Waals surface area contributed by atoms with Gasteiger partial charge in [-0.05, 0) is 37.1 Å². The van der Waals surface area contributed by atoms with Gasteiger partial charge in [0.1, 0.15) is 5.75 Å². The molecule has 2 heterocycles. The fraction of sp³-hybridized carbons (Fsp3) is 0.400. The predicted octanol–water partition coefficient (Wildman–Crippen LogP) is 5.87. The van der Waals surface area contributed by atoms with Gasteiger partial charge >= 0.3 is 0 Å². The van der Waals surface area contributed by atoms with Crippen LogP contribution >= 0.6 is 23.4 Å². The third-order valence-corrected chi connectivity index (χ3v) is 5.97. The van der Waals surface area contributed by atoms with Crippen molar-refractivity contribution in [3.05, 3.63) is 47.7 Å². The summed E-state index contributed by atoms with van der Waals surface area (Å²) in [6.07, 6.45) is 7.81. The number of aromatic nitrogens is 3. The first-order valence-corrected chi connectivity index (χ1v) is 10.7. The molecule has 0 bridgehead atoms. The van der Waals surface area contributed by atoms with E-state index in [4.69, 9.17) is 20.8 Å². The molecule has 0 radical (unpaired) electrons. The number of hydrogen-bond acceptors (Lipinski definition) is 5. The van der Waals surface area contributed by atoms with Gasteiger partial charge in [-0.2, -0.15) is 0 Å². The Bertz CT molecular complexity index is 860. The number of thioether (sulfide) groups is 1. The second-order valence-corrected chi connectivity index (χ2v) is 8.04. The van der Waals surface area contributed by atoms with Gasteiger partial charge in [0.15, 0.2) is 10.9 Å². The summed E-state index contributed by atoms with van der Waals surface area (Å²) >= 11 is 7.80. The Morgan fingerprint density at radius 3 is 2.74 bits per heavy atom. The van der Waals surface area contributed by atoms with Gasteiger partial charge in [0, 0.05) is 11.8 Å². The van der Waals surface area contributed by atoms with Crippen molar-refractivity contribution >= 4 is 23.4 Å². The molecule has 1 fully saturated rings. The van der Waals surface area contributed by atoms with Gasteiger partial charge in [-0.3, -0.25) is 4.57 Å². The lowest BCUT2D eigenvalue weighted by Crippen LogP contribution is -2.15. The van der Waals surface area contributed by atoms with Crippen molar-refractivity contribution in [2.75, 3.05) is 12.4 Å². The number of hydrogen-bond donors (Lipinski definition) is 0. The molecular formula is C20H22ClN3O2S. The van der Waals surface area contributed by atoms with Gasteiger partial charge in [0.25, 0.3) is 0 Å². The summed E-state index contributed by atoms with van der Waals surface area (Å²) in [5, 5.41) is 10.4. The van der Waals surface area contributed by atoms with Gasteiger partial charge in [0.2, 0.25) is 5.82 Å². The Morgan fingerprint density at radius 2 is 1.96 bits per heavy atom. The molecule has 0 atom stereocenters. The van der Waals surface area contributed by atoms with Crippen LogP contribution in [-0.2, 0) is 0 Å². The van der Waals surface area contributed by atoms with Gasteiger partial charge < -0.3 is 9.15 Å². The molecule has 7 heteroatoms. The fourth-order valence-corrected chi connectivity index (χ4v) is 4.48. The number of furan rings is 1. The minimum absolute atomic E-state index is 0.431. The lowest BCUT2D eigenvalue weighted by molar-refractivity contribution is 0.335. The number of halogens is 1. The van der Waals surface area contributed by atoms with Crippen LogP contribution in [0.15, 0.2) is 52.2 Å². The zero-order valence-corrected chi connectivity index (χ0v) is 16.6. The lowest BCUT2D eigenvalue weighted by atomic mass is 9.95. The Labute approximate surface area is 168 Å². The Morgan fingerprint density at radius 1 is 1.11 bits per heavy atom. The van der Waals surface area contributed by atoms with Crippen molar-refractivity contribution in [3.8, 4) is 17.3 Å². The Hall–Kier alpha value is -1.92. The summed E-state index contributed by atoms with van der Waals surface area (Å²) in [6, 6.07) is 11.8. The van der Waals surface area contributed by atoms with Crippen LogP contribution in [0.5, 0.6) is 5.75 Å². The first kappa shape index (κ1) is 18.4. The normalized spacial score (nSPS) is 15.1. The van der Waals surface area contributed by atoms with E-state index in [1.807, 2.05) is 36.4 Å². The van der Waals surface area contributed by atoms with E-state index in [1.165, 1.54) is 19.3 Å². The average Bonchev–Trinajstić information content (AvgIpc) is 3.37. The molecule has 0 N–H and O–H groups in total. The molecule has 142 valence electrons. The maximum Gasteiger partial charge on any atom is 0.200 e. The third kappa shape index (κ3) is 4.33. The number of rotatable bonds is 7. The molecule has 0 amide bonds. The minimum atomic E-state index is 0.431. The first-order chi connectivity index (χ1) is 13.3. The summed E-state index contributed by atoms with van der Waals surface area (Å²) in [7, 11) is 0. The van der Waals surface area contributed by atoms with Crippen molar-refractivity contribution in [1.82, 2.24) is 14.8 Å². The average molecular weight is 404 g/mol. The molecule has 4 rings (SSSR count). The molecule has 1 aromatic carbocycles. The summed E-state index contributed by atoms with van der Waals surface area (Å²) in [5.41, 5.74) is 0. The van der Waals surface area contributed by atoms with Crippen molar-refractivity contribution in [2.45, 2.75) is 43.3 Å². The highest BCUT2D eigenvalue weighted by Gasteiger charge is 2.24. The monoisotopic (exact) mass is 403 g/mol. The molecule has 0 unspecified atom stereocenters. The van der Waals surface area contributed by atoms with Gasteiger partial charge in [-0.1, -0.05) is 54.8 Å². The van der Waals surface area contributed by atoms with E-state index in [2.05, 4.69) is 14.8 Å². The van der Waals surface area contributed by atoms with Crippen LogP contribution in [0.4, 0.5) is 0 Å². The summed E-state index contributed by atoms with van der Waals surface area (Å²) < 4.78 is 13.6. The zero-order valence-electron chi connectivity index (χ0n) is 15.0. The lowest BCUT2D eigenvalue weighted by Gasteiger charge is -2.25. The van der Waals surface area contributed by atoms with Crippen LogP contribution in [0.3, 0.4) is 0 Å². The molecule has 0 aliphatic heterocycles. The molecule has 5 nitrogen and oxygen atoms in total. The van der Waals surface area contributed by atoms with E-state index in [1.54, 1.807) is 18.0 Å². The quantitative estimate of drug-likeness (QED) is 0.365. The van der Waals surface area contributed by atoms with Crippen LogP contribution in [0.2, 0.25) is 5.02 Å². The fourth-order valence-electron chi connectivity index (χ4n) is 3.46. The predicted molar refractivity (Wildman–Crippen MR) is 108 cm³/mol. The molecular weight excluding hydrogens is 382 g/mol. The molecule has 0 saturated heterocycles. The molecule has 1 aliphatic carbocycles. The highest BCUT2D eigenvalue weighted by atomic mass is 35.5. The van der Waals surface area contributed by atoms with E-state index in [0.29, 0.717) is 23.4 Å².